The molecule has 2 aromatic heterocycles. The molecule has 0 radical (unpaired) electrons. The van der Waals surface area contributed by atoms with Crippen LogP contribution in [0.2, 0.25) is 0 Å². The first kappa shape index (κ1) is 12.3. The standard InChI is InChI=1S/C12H15N3O3/c1-3-5-8-6-7-15-9(8)11(16)13-10(14-15)12(17)18-4-2/h6-7H,3-5H2,1-2H3,(H,13,14,16). The van der Waals surface area contributed by atoms with Crippen LogP contribution in [0.25, 0.3) is 5.52 Å². The number of carbonyl (C=O) groups is 1. The smallest absolute Gasteiger partial charge is 0.376 e. The molecule has 0 aromatic carbocycles. The van der Waals surface area contributed by atoms with Crippen molar-refractivity contribution < 1.29 is 9.53 Å². The molecule has 0 amide bonds. The van der Waals surface area contributed by atoms with E-state index in [-0.39, 0.29) is 18.0 Å². The van der Waals surface area contributed by atoms with Crippen LogP contribution in [0.15, 0.2) is 17.1 Å². The van der Waals surface area contributed by atoms with Gasteiger partial charge >= 0.3 is 5.97 Å². The molecular formula is C12H15N3O3. The summed E-state index contributed by atoms with van der Waals surface area (Å²) >= 11 is 0. The van der Waals surface area contributed by atoms with Gasteiger partial charge in [-0.3, -0.25) is 9.78 Å². The van der Waals surface area contributed by atoms with Crippen molar-refractivity contribution in [2.45, 2.75) is 26.7 Å². The van der Waals surface area contributed by atoms with Gasteiger partial charge in [0, 0.05) is 6.20 Å². The summed E-state index contributed by atoms with van der Waals surface area (Å²) in [6, 6.07) is 1.84. The number of fused-ring (bicyclic) bond motifs is 1. The van der Waals surface area contributed by atoms with Gasteiger partial charge in [0.05, 0.1) is 6.61 Å². The second-order valence-electron chi connectivity index (χ2n) is 3.91. The minimum atomic E-state index is -0.623. The zero-order valence-electron chi connectivity index (χ0n) is 10.4. The normalized spacial score (nSPS) is 10.8. The molecule has 0 aliphatic heterocycles. The van der Waals surface area contributed by atoms with Crippen LogP contribution >= 0.6 is 0 Å². The van der Waals surface area contributed by atoms with Gasteiger partial charge in [0.15, 0.2) is 0 Å². The molecule has 2 heterocycles. The molecule has 1 N–H and O–H groups in total. The summed E-state index contributed by atoms with van der Waals surface area (Å²) in [5.74, 6) is -0.699. The Bertz CT molecular complexity index is 627. The van der Waals surface area contributed by atoms with Crippen LogP contribution in [0.4, 0.5) is 0 Å². The van der Waals surface area contributed by atoms with Crippen LogP contribution in [0, 0.1) is 0 Å². The van der Waals surface area contributed by atoms with Gasteiger partial charge in [-0.1, -0.05) is 13.3 Å². The molecule has 0 unspecified atom stereocenters. The number of carbonyl (C=O) groups excluding carboxylic acids is 1. The average Bonchev–Trinajstić information content (AvgIpc) is 2.74. The summed E-state index contributed by atoms with van der Waals surface area (Å²) in [5.41, 5.74) is 1.10. The van der Waals surface area contributed by atoms with E-state index >= 15 is 0 Å². The number of aromatic amines is 1. The van der Waals surface area contributed by atoms with Crippen molar-refractivity contribution in [2.75, 3.05) is 6.61 Å². The Balaban J connectivity index is 2.51. The number of aromatic nitrogens is 3. The number of ether oxygens (including phenoxy) is 1. The predicted octanol–water partition coefficient (Wildman–Crippen LogP) is 1.15. The molecule has 18 heavy (non-hydrogen) atoms. The maximum atomic E-state index is 11.9. The number of hydrogen-bond donors (Lipinski definition) is 1. The number of aryl methyl sites for hydroxylation is 1. The zero-order valence-corrected chi connectivity index (χ0v) is 10.4. The van der Waals surface area contributed by atoms with Gasteiger partial charge in [0.25, 0.3) is 5.56 Å². The van der Waals surface area contributed by atoms with Crippen LogP contribution in [-0.2, 0) is 11.2 Å². The van der Waals surface area contributed by atoms with Crippen molar-refractivity contribution >= 4 is 11.5 Å². The van der Waals surface area contributed by atoms with Gasteiger partial charge in [-0.25, -0.2) is 9.31 Å². The lowest BCUT2D eigenvalue weighted by Crippen LogP contribution is -2.21. The molecule has 6 nitrogen and oxygen atoms in total. The molecule has 0 spiro atoms. The summed E-state index contributed by atoms with van der Waals surface area (Å²) in [7, 11) is 0. The van der Waals surface area contributed by atoms with Gasteiger partial charge in [-0.15, -0.1) is 5.10 Å². The van der Waals surface area contributed by atoms with Crippen LogP contribution in [-0.4, -0.2) is 27.2 Å². The van der Waals surface area contributed by atoms with Crippen LogP contribution in [0.3, 0.4) is 0 Å². The topological polar surface area (TPSA) is 76.5 Å². The van der Waals surface area contributed by atoms with Gasteiger partial charge in [0.2, 0.25) is 5.82 Å². The van der Waals surface area contributed by atoms with Crippen LogP contribution in [0.1, 0.15) is 36.5 Å². The number of nitrogens with zero attached hydrogens (tertiary/aromatic N) is 2. The maximum Gasteiger partial charge on any atom is 0.376 e. The van der Waals surface area contributed by atoms with E-state index in [4.69, 9.17) is 4.74 Å². The molecule has 0 aliphatic carbocycles. The van der Waals surface area contributed by atoms with Crippen molar-refractivity contribution in [3.63, 3.8) is 0 Å². The lowest BCUT2D eigenvalue weighted by atomic mass is 10.2. The summed E-state index contributed by atoms with van der Waals surface area (Å²) in [4.78, 5) is 25.9. The number of hydrogen-bond acceptors (Lipinski definition) is 4. The minimum Gasteiger partial charge on any atom is -0.460 e. The van der Waals surface area contributed by atoms with Crippen molar-refractivity contribution in [2.24, 2.45) is 0 Å². The fourth-order valence-electron chi connectivity index (χ4n) is 1.86. The molecule has 0 atom stereocenters. The third-order valence-corrected chi connectivity index (χ3v) is 2.59. The Hall–Kier alpha value is -2.11. The Kier molecular flexibility index (Phi) is 3.45. The SMILES string of the molecule is CCCc1ccn2nc(C(=O)OCC)[nH]c(=O)c12. The summed E-state index contributed by atoms with van der Waals surface area (Å²) in [6.07, 6.45) is 3.43. The molecule has 0 bridgehead atoms. The third kappa shape index (κ3) is 2.13. The molecule has 2 rings (SSSR count). The highest BCUT2D eigenvalue weighted by Crippen LogP contribution is 2.09. The van der Waals surface area contributed by atoms with Gasteiger partial charge in [-0.05, 0) is 25.0 Å². The lowest BCUT2D eigenvalue weighted by molar-refractivity contribution is 0.0509. The minimum absolute atomic E-state index is 0.0759. The van der Waals surface area contributed by atoms with Gasteiger partial charge in [0.1, 0.15) is 5.52 Å². The Morgan fingerprint density at radius 3 is 2.94 bits per heavy atom. The van der Waals surface area contributed by atoms with Crippen molar-refractivity contribution in [1.29, 1.82) is 0 Å². The molecule has 2 aromatic rings. The van der Waals surface area contributed by atoms with Gasteiger partial charge in [-0.2, -0.15) is 0 Å². The molecule has 96 valence electrons. The highest BCUT2D eigenvalue weighted by molar-refractivity contribution is 5.85. The summed E-state index contributed by atoms with van der Waals surface area (Å²) in [6.45, 7) is 3.98. The van der Waals surface area contributed by atoms with E-state index in [1.807, 2.05) is 13.0 Å². The quantitative estimate of drug-likeness (QED) is 0.825. The van der Waals surface area contributed by atoms with E-state index in [9.17, 15) is 9.59 Å². The molecule has 0 fully saturated rings. The monoisotopic (exact) mass is 249 g/mol. The first-order valence-corrected chi connectivity index (χ1v) is 5.95. The lowest BCUT2D eigenvalue weighted by Gasteiger charge is -2.02. The second-order valence-corrected chi connectivity index (χ2v) is 3.91. The Labute approximate surface area is 104 Å². The van der Waals surface area contributed by atoms with Crippen molar-refractivity contribution in [1.82, 2.24) is 14.6 Å². The maximum absolute atomic E-state index is 11.9. The fraction of sp³-hybridized carbons (Fsp3) is 0.417. The highest BCUT2D eigenvalue weighted by Gasteiger charge is 2.14. The van der Waals surface area contributed by atoms with Crippen LogP contribution < -0.4 is 5.56 Å². The van der Waals surface area contributed by atoms with Crippen LogP contribution in [0.5, 0.6) is 0 Å². The number of H-pyrrole nitrogens is 1. The fourth-order valence-corrected chi connectivity index (χ4v) is 1.86. The molecule has 0 saturated heterocycles. The zero-order chi connectivity index (χ0) is 13.1. The van der Waals surface area contributed by atoms with E-state index in [2.05, 4.69) is 10.1 Å². The average molecular weight is 249 g/mol. The highest BCUT2D eigenvalue weighted by atomic mass is 16.5. The first-order chi connectivity index (χ1) is 8.67. The number of nitrogens with one attached hydrogen (secondary N) is 1. The number of rotatable bonds is 4. The third-order valence-electron chi connectivity index (χ3n) is 2.59. The van der Waals surface area contributed by atoms with E-state index < -0.39 is 5.97 Å². The van der Waals surface area contributed by atoms with E-state index in [0.29, 0.717) is 5.52 Å². The summed E-state index contributed by atoms with van der Waals surface area (Å²) in [5, 5.41) is 4.04. The largest absolute Gasteiger partial charge is 0.460 e. The van der Waals surface area contributed by atoms with Gasteiger partial charge < -0.3 is 4.74 Å². The van der Waals surface area contributed by atoms with E-state index in [1.165, 1.54) is 4.52 Å². The summed E-state index contributed by atoms with van der Waals surface area (Å²) < 4.78 is 6.23. The van der Waals surface area contributed by atoms with Crippen molar-refractivity contribution in [3.8, 4) is 0 Å². The van der Waals surface area contributed by atoms with Crippen molar-refractivity contribution in [3.05, 3.63) is 34.0 Å². The molecular weight excluding hydrogens is 234 g/mol. The van der Waals surface area contributed by atoms with E-state index in [1.54, 1.807) is 13.1 Å². The first-order valence-electron chi connectivity index (χ1n) is 5.95. The Morgan fingerprint density at radius 1 is 1.50 bits per heavy atom. The number of esters is 1. The molecule has 0 saturated carbocycles. The second kappa shape index (κ2) is 5.03. The predicted molar refractivity (Wildman–Crippen MR) is 65.8 cm³/mol. The van der Waals surface area contributed by atoms with E-state index in [0.717, 1.165) is 18.4 Å². The Morgan fingerprint density at radius 2 is 2.28 bits per heavy atom. The molecule has 6 heteroatoms. The molecule has 0 aliphatic rings.